The van der Waals surface area contributed by atoms with Crippen molar-refractivity contribution in [3.63, 3.8) is 0 Å². The standard InChI is InChI=1S/C14H11BrClFO2/c1-18-13-7-14(19-2)11(15)6-10(13)9-4-3-8(16)5-12(9)17/h3-7H,1-2H3. The zero-order valence-electron chi connectivity index (χ0n) is 10.3. The Morgan fingerprint density at radius 1 is 1.00 bits per heavy atom. The van der Waals surface area contributed by atoms with E-state index >= 15 is 0 Å². The summed E-state index contributed by atoms with van der Waals surface area (Å²) < 4.78 is 25.2. The fourth-order valence-electron chi connectivity index (χ4n) is 1.78. The summed E-state index contributed by atoms with van der Waals surface area (Å²) in [5.74, 6) is 0.749. The molecule has 0 saturated carbocycles. The molecule has 0 saturated heterocycles. The van der Waals surface area contributed by atoms with Crippen molar-refractivity contribution in [3.8, 4) is 22.6 Å². The Bertz CT molecular complexity index is 617. The van der Waals surface area contributed by atoms with Crippen LogP contribution in [0.25, 0.3) is 11.1 Å². The van der Waals surface area contributed by atoms with E-state index in [9.17, 15) is 4.39 Å². The van der Waals surface area contributed by atoms with E-state index in [-0.39, 0.29) is 0 Å². The zero-order valence-corrected chi connectivity index (χ0v) is 12.7. The number of methoxy groups -OCH3 is 2. The van der Waals surface area contributed by atoms with Crippen LogP contribution in [-0.4, -0.2) is 14.2 Å². The van der Waals surface area contributed by atoms with Gasteiger partial charge in [0.25, 0.3) is 0 Å². The molecule has 100 valence electrons. The first-order valence-corrected chi connectivity index (χ1v) is 6.61. The number of benzene rings is 2. The van der Waals surface area contributed by atoms with Crippen LogP contribution in [0.15, 0.2) is 34.8 Å². The average Bonchev–Trinajstić information content (AvgIpc) is 2.38. The molecule has 0 amide bonds. The molecule has 0 spiro atoms. The normalized spacial score (nSPS) is 10.4. The second-order valence-electron chi connectivity index (χ2n) is 3.81. The number of hydrogen-bond acceptors (Lipinski definition) is 2. The molecule has 0 aliphatic carbocycles. The first-order valence-electron chi connectivity index (χ1n) is 5.43. The topological polar surface area (TPSA) is 18.5 Å². The molecule has 0 radical (unpaired) electrons. The highest BCUT2D eigenvalue weighted by Gasteiger charge is 2.14. The second kappa shape index (κ2) is 5.80. The summed E-state index contributed by atoms with van der Waals surface area (Å²) in [6.07, 6.45) is 0. The van der Waals surface area contributed by atoms with Gasteiger partial charge in [-0.25, -0.2) is 4.39 Å². The summed E-state index contributed by atoms with van der Waals surface area (Å²) in [7, 11) is 3.09. The lowest BCUT2D eigenvalue weighted by Crippen LogP contribution is -1.93. The molecule has 2 aromatic carbocycles. The smallest absolute Gasteiger partial charge is 0.136 e. The molecule has 0 fully saturated rings. The van der Waals surface area contributed by atoms with Gasteiger partial charge in [0.05, 0.1) is 18.7 Å². The Balaban J connectivity index is 2.64. The minimum atomic E-state index is -0.400. The molecule has 19 heavy (non-hydrogen) atoms. The highest BCUT2D eigenvalue weighted by atomic mass is 79.9. The predicted octanol–water partition coefficient (Wildman–Crippen LogP) is 4.93. The van der Waals surface area contributed by atoms with Crippen LogP contribution >= 0.6 is 27.5 Å². The molecular formula is C14H11BrClFO2. The van der Waals surface area contributed by atoms with Gasteiger partial charge in [-0.15, -0.1) is 0 Å². The van der Waals surface area contributed by atoms with E-state index in [1.807, 2.05) is 0 Å². The van der Waals surface area contributed by atoms with Gasteiger partial charge in [-0.2, -0.15) is 0 Å². The van der Waals surface area contributed by atoms with Crippen molar-refractivity contribution in [3.05, 3.63) is 45.6 Å². The molecule has 0 aliphatic rings. The third-order valence-electron chi connectivity index (χ3n) is 2.70. The average molecular weight is 346 g/mol. The minimum absolute atomic E-state index is 0.354. The Hall–Kier alpha value is -1.26. The fraction of sp³-hybridized carbons (Fsp3) is 0.143. The molecule has 2 rings (SSSR count). The number of ether oxygens (including phenoxy) is 2. The molecule has 0 aliphatic heterocycles. The van der Waals surface area contributed by atoms with Crippen LogP contribution in [0.5, 0.6) is 11.5 Å². The molecule has 0 heterocycles. The van der Waals surface area contributed by atoms with E-state index < -0.39 is 5.82 Å². The van der Waals surface area contributed by atoms with Crippen molar-refractivity contribution in [1.82, 2.24) is 0 Å². The van der Waals surface area contributed by atoms with Crippen molar-refractivity contribution in [1.29, 1.82) is 0 Å². The highest BCUT2D eigenvalue weighted by molar-refractivity contribution is 9.10. The van der Waals surface area contributed by atoms with Gasteiger partial charge < -0.3 is 9.47 Å². The molecule has 0 atom stereocenters. The molecule has 0 aromatic heterocycles. The van der Waals surface area contributed by atoms with Crippen molar-refractivity contribution < 1.29 is 13.9 Å². The first-order chi connectivity index (χ1) is 9.06. The highest BCUT2D eigenvalue weighted by Crippen LogP contribution is 2.39. The van der Waals surface area contributed by atoms with Crippen LogP contribution < -0.4 is 9.47 Å². The molecule has 2 aromatic rings. The maximum atomic E-state index is 14.0. The van der Waals surface area contributed by atoms with Gasteiger partial charge >= 0.3 is 0 Å². The van der Waals surface area contributed by atoms with Crippen LogP contribution in [0.3, 0.4) is 0 Å². The van der Waals surface area contributed by atoms with Crippen LogP contribution in [0.4, 0.5) is 4.39 Å². The first kappa shape index (κ1) is 14.2. The summed E-state index contributed by atoms with van der Waals surface area (Å²) >= 11 is 9.13. The largest absolute Gasteiger partial charge is 0.496 e. The predicted molar refractivity (Wildman–Crippen MR) is 77.7 cm³/mol. The monoisotopic (exact) mass is 344 g/mol. The second-order valence-corrected chi connectivity index (χ2v) is 5.10. The minimum Gasteiger partial charge on any atom is -0.496 e. The van der Waals surface area contributed by atoms with Crippen molar-refractivity contribution in [2.45, 2.75) is 0 Å². The zero-order chi connectivity index (χ0) is 14.0. The molecule has 0 unspecified atom stereocenters. The van der Waals surface area contributed by atoms with E-state index in [1.165, 1.54) is 13.2 Å². The Morgan fingerprint density at radius 2 is 1.68 bits per heavy atom. The SMILES string of the molecule is COc1cc(OC)c(-c2ccc(Cl)cc2F)cc1Br. The lowest BCUT2D eigenvalue weighted by atomic mass is 10.0. The van der Waals surface area contributed by atoms with Gasteiger partial charge in [-0.3, -0.25) is 0 Å². The Labute approximate surface area is 124 Å². The third-order valence-corrected chi connectivity index (χ3v) is 3.55. The lowest BCUT2D eigenvalue weighted by molar-refractivity contribution is 0.393. The summed E-state index contributed by atoms with van der Waals surface area (Å²) in [6.45, 7) is 0. The number of rotatable bonds is 3. The van der Waals surface area contributed by atoms with Crippen LogP contribution in [-0.2, 0) is 0 Å². The van der Waals surface area contributed by atoms with Crippen LogP contribution in [0.2, 0.25) is 5.02 Å². The quantitative estimate of drug-likeness (QED) is 0.785. The van der Waals surface area contributed by atoms with E-state index in [4.69, 9.17) is 21.1 Å². The maximum absolute atomic E-state index is 14.0. The van der Waals surface area contributed by atoms with Gasteiger partial charge in [-0.05, 0) is 40.2 Å². The number of halogens is 3. The number of hydrogen-bond donors (Lipinski definition) is 0. The van der Waals surface area contributed by atoms with Crippen molar-refractivity contribution >= 4 is 27.5 Å². The van der Waals surface area contributed by atoms with Crippen molar-refractivity contribution in [2.75, 3.05) is 14.2 Å². The summed E-state index contributed by atoms with van der Waals surface area (Å²) in [6, 6.07) is 7.98. The van der Waals surface area contributed by atoms with E-state index in [2.05, 4.69) is 15.9 Å². The third kappa shape index (κ3) is 2.85. The molecule has 2 nitrogen and oxygen atoms in total. The van der Waals surface area contributed by atoms with Gasteiger partial charge in [-0.1, -0.05) is 11.6 Å². The Kier molecular flexibility index (Phi) is 4.32. The fourth-order valence-corrected chi connectivity index (χ4v) is 2.44. The van der Waals surface area contributed by atoms with Crippen LogP contribution in [0.1, 0.15) is 0 Å². The summed E-state index contributed by atoms with van der Waals surface area (Å²) in [4.78, 5) is 0. The Morgan fingerprint density at radius 3 is 2.26 bits per heavy atom. The summed E-state index contributed by atoms with van der Waals surface area (Å²) in [5.41, 5.74) is 1.05. The van der Waals surface area contributed by atoms with Gasteiger partial charge in [0.1, 0.15) is 17.3 Å². The van der Waals surface area contributed by atoms with Crippen molar-refractivity contribution in [2.24, 2.45) is 0 Å². The van der Waals surface area contributed by atoms with Gasteiger partial charge in [0.15, 0.2) is 0 Å². The van der Waals surface area contributed by atoms with Gasteiger partial charge in [0, 0.05) is 22.2 Å². The molecule has 5 heteroatoms. The van der Waals surface area contributed by atoms with E-state index in [0.717, 1.165) is 4.47 Å². The molecule has 0 N–H and O–H groups in total. The van der Waals surface area contributed by atoms with Gasteiger partial charge in [0.2, 0.25) is 0 Å². The molecular weight excluding hydrogens is 335 g/mol. The summed E-state index contributed by atoms with van der Waals surface area (Å²) in [5, 5.41) is 0.354. The van der Waals surface area contributed by atoms with E-state index in [0.29, 0.717) is 27.6 Å². The molecule has 0 bridgehead atoms. The van der Waals surface area contributed by atoms with E-state index in [1.54, 1.807) is 31.4 Å². The maximum Gasteiger partial charge on any atom is 0.136 e. The lowest BCUT2D eigenvalue weighted by Gasteiger charge is -2.13. The van der Waals surface area contributed by atoms with Crippen LogP contribution in [0, 0.1) is 5.82 Å².